The van der Waals surface area contributed by atoms with Crippen molar-refractivity contribution in [3.8, 4) is 0 Å². The summed E-state index contributed by atoms with van der Waals surface area (Å²) >= 11 is 4.53. The Morgan fingerprint density at radius 1 is 1.36 bits per heavy atom. The van der Waals surface area contributed by atoms with Gasteiger partial charge in [-0.1, -0.05) is 13.3 Å². The Hall–Kier alpha value is 0.310. The first-order valence-electron chi connectivity index (χ1n) is 6.07. The molecule has 2 rings (SSSR count). The summed E-state index contributed by atoms with van der Waals surface area (Å²) in [6.45, 7) is 6.37. The highest BCUT2D eigenvalue weighted by Gasteiger charge is 2.37. The van der Waals surface area contributed by atoms with Gasteiger partial charge in [0, 0.05) is 13.1 Å². The smallest absolute Gasteiger partial charge is 0.00459 e. The van der Waals surface area contributed by atoms with E-state index in [0.717, 1.165) is 11.7 Å². The number of hydrogen-bond donors (Lipinski definition) is 1. The van der Waals surface area contributed by atoms with Crippen LogP contribution in [0.3, 0.4) is 0 Å². The third kappa shape index (κ3) is 2.27. The lowest BCUT2D eigenvalue weighted by Crippen LogP contribution is -2.46. The minimum atomic E-state index is 0.597. The van der Waals surface area contributed by atoms with Gasteiger partial charge in [-0.05, 0) is 49.3 Å². The van der Waals surface area contributed by atoms with E-state index in [-0.39, 0.29) is 0 Å². The third-order valence-electron chi connectivity index (χ3n) is 4.05. The molecule has 1 atom stereocenters. The van der Waals surface area contributed by atoms with Gasteiger partial charge in [-0.2, -0.15) is 12.6 Å². The molecule has 2 fully saturated rings. The van der Waals surface area contributed by atoms with E-state index in [1.54, 1.807) is 0 Å². The second kappa shape index (κ2) is 4.44. The monoisotopic (exact) mass is 213 g/mol. The van der Waals surface area contributed by atoms with Crippen LogP contribution in [-0.4, -0.2) is 30.3 Å². The Kier molecular flexibility index (Phi) is 3.43. The fourth-order valence-corrected chi connectivity index (χ4v) is 3.36. The van der Waals surface area contributed by atoms with E-state index in [0.29, 0.717) is 5.41 Å². The van der Waals surface area contributed by atoms with Crippen LogP contribution in [-0.2, 0) is 0 Å². The van der Waals surface area contributed by atoms with Gasteiger partial charge in [-0.15, -0.1) is 0 Å². The van der Waals surface area contributed by atoms with Crippen molar-refractivity contribution in [3.63, 3.8) is 0 Å². The molecule has 0 aromatic rings. The maximum absolute atomic E-state index is 4.53. The van der Waals surface area contributed by atoms with E-state index in [2.05, 4.69) is 24.5 Å². The van der Waals surface area contributed by atoms with Gasteiger partial charge in [0.2, 0.25) is 0 Å². The summed E-state index contributed by atoms with van der Waals surface area (Å²) in [6, 6.07) is 0. The molecule has 0 aromatic heterocycles. The second-order valence-electron chi connectivity index (χ2n) is 5.49. The SMILES string of the molecule is CC1CCCN(CC2(CS)CCC2)C1. The number of rotatable bonds is 3. The Balaban J connectivity index is 1.83. The van der Waals surface area contributed by atoms with Gasteiger partial charge in [0.25, 0.3) is 0 Å². The molecular weight excluding hydrogens is 190 g/mol. The van der Waals surface area contributed by atoms with Crippen LogP contribution in [0.2, 0.25) is 0 Å². The molecule has 0 bridgehead atoms. The van der Waals surface area contributed by atoms with Gasteiger partial charge >= 0.3 is 0 Å². The zero-order valence-electron chi connectivity index (χ0n) is 9.34. The molecule has 1 nitrogen and oxygen atoms in total. The van der Waals surface area contributed by atoms with Crippen LogP contribution < -0.4 is 0 Å². The second-order valence-corrected chi connectivity index (χ2v) is 5.81. The molecule has 1 aliphatic carbocycles. The van der Waals surface area contributed by atoms with Crippen LogP contribution in [0.15, 0.2) is 0 Å². The normalized spacial score (nSPS) is 32.6. The fraction of sp³-hybridized carbons (Fsp3) is 1.00. The first-order chi connectivity index (χ1) is 6.74. The predicted octanol–water partition coefficient (Wildman–Crippen LogP) is 2.82. The van der Waals surface area contributed by atoms with Gasteiger partial charge in [-0.3, -0.25) is 0 Å². The topological polar surface area (TPSA) is 3.24 Å². The highest BCUT2D eigenvalue weighted by molar-refractivity contribution is 7.80. The molecule has 1 saturated carbocycles. The van der Waals surface area contributed by atoms with E-state index in [9.17, 15) is 0 Å². The first-order valence-corrected chi connectivity index (χ1v) is 6.71. The molecule has 0 N–H and O–H groups in total. The molecule has 2 heteroatoms. The molecule has 0 spiro atoms. The molecule has 1 unspecified atom stereocenters. The molecule has 14 heavy (non-hydrogen) atoms. The molecule has 1 heterocycles. The van der Waals surface area contributed by atoms with Gasteiger partial charge < -0.3 is 4.90 Å². The molecule has 2 aliphatic rings. The van der Waals surface area contributed by atoms with Crippen molar-refractivity contribution in [1.82, 2.24) is 4.90 Å². The van der Waals surface area contributed by atoms with Crippen molar-refractivity contribution >= 4 is 12.6 Å². The van der Waals surface area contributed by atoms with E-state index in [1.807, 2.05) is 0 Å². The highest BCUT2D eigenvalue weighted by atomic mass is 32.1. The summed E-state index contributed by atoms with van der Waals surface area (Å²) in [6.07, 6.45) is 7.11. The van der Waals surface area contributed by atoms with Crippen LogP contribution in [0.5, 0.6) is 0 Å². The standard InChI is InChI=1S/C12H23NS/c1-11-4-2-7-13(8-11)9-12(10-14)5-3-6-12/h11,14H,2-10H2,1H3. The quantitative estimate of drug-likeness (QED) is 0.706. The van der Waals surface area contributed by atoms with Crippen LogP contribution in [0.4, 0.5) is 0 Å². The number of likely N-dealkylation sites (tertiary alicyclic amines) is 1. The maximum Gasteiger partial charge on any atom is 0.00459 e. The minimum Gasteiger partial charge on any atom is -0.302 e. The summed E-state index contributed by atoms with van der Waals surface area (Å²) in [5, 5.41) is 0. The van der Waals surface area contributed by atoms with Crippen molar-refractivity contribution in [2.45, 2.75) is 39.0 Å². The predicted molar refractivity (Wildman–Crippen MR) is 65.0 cm³/mol. The Labute approximate surface area is 93.7 Å². The van der Waals surface area contributed by atoms with Crippen molar-refractivity contribution in [3.05, 3.63) is 0 Å². The molecule has 0 amide bonds. The zero-order chi connectivity index (χ0) is 10.0. The average Bonchev–Trinajstić information content (AvgIpc) is 2.11. The fourth-order valence-electron chi connectivity index (χ4n) is 2.95. The van der Waals surface area contributed by atoms with Crippen LogP contribution in [0.1, 0.15) is 39.0 Å². The van der Waals surface area contributed by atoms with E-state index < -0.39 is 0 Å². The Bertz CT molecular complexity index is 183. The number of thiol groups is 1. The largest absolute Gasteiger partial charge is 0.302 e. The molecule has 1 saturated heterocycles. The van der Waals surface area contributed by atoms with Crippen molar-refractivity contribution < 1.29 is 0 Å². The summed E-state index contributed by atoms with van der Waals surface area (Å²) < 4.78 is 0. The van der Waals surface area contributed by atoms with E-state index >= 15 is 0 Å². The lowest BCUT2D eigenvalue weighted by molar-refractivity contribution is 0.0660. The molecule has 0 radical (unpaired) electrons. The van der Waals surface area contributed by atoms with Crippen molar-refractivity contribution in [2.75, 3.05) is 25.4 Å². The van der Waals surface area contributed by atoms with E-state index in [4.69, 9.17) is 0 Å². The summed E-state index contributed by atoms with van der Waals surface area (Å²) in [5.74, 6) is 2.01. The van der Waals surface area contributed by atoms with Gasteiger partial charge in [0.1, 0.15) is 0 Å². The lowest BCUT2D eigenvalue weighted by atomic mass is 9.69. The lowest BCUT2D eigenvalue weighted by Gasteiger charge is -2.46. The van der Waals surface area contributed by atoms with Crippen molar-refractivity contribution in [2.24, 2.45) is 11.3 Å². The molecule has 0 aromatic carbocycles. The van der Waals surface area contributed by atoms with Crippen molar-refractivity contribution in [1.29, 1.82) is 0 Å². The van der Waals surface area contributed by atoms with Crippen LogP contribution in [0, 0.1) is 11.3 Å². The minimum absolute atomic E-state index is 0.597. The summed E-state index contributed by atoms with van der Waals surface area (Å²) in [5.41, 5.74) is 0.597. The zero-order valence-corrected chi connectivity index (χ0v) is 10.2. The van der Waals surface area contributed by atoms with Gasteiger partial charge in [0.05, 0.1) is 0 Å². The van der Waals surface area contributed by atoms with Crippen LogP contribution in [0.25, 0.3) is 0 Å². The molecular formula is C12H23NS. The third-order valence-corrected chi connectivity index (χ3v) is 4.72. The number of hydrogen-bond acceptors (Lipinski definition) is 2. The highest BCUT2D eigenvalue weighted by Crippen LogP contribution is 2.42. The van der Waals surface area contributed by atoms with Gasteiger partial charge in [0.15, 0.2) is 0 Å². The van der Waals surface area contributed by atoms with E-state index in [1.165, 1.54) is 51.7 Å². The molecule has 82 valence electrons. The van der Waals surface area contributed by atoms with Gasteiger partial charge in [-0.25, -0.2) is 0 Å². The average molecular weight is 213 g/mol. The molecule has 1 aliphatic heterocycles. The summed E-state index contributed by atoms with van der Waals surface area (Å²) in [7, 11) is 0. The maximum atomic E-state index is 4.53. The number of nitrogens with zero attached hydrogens (tertiary/aromatic N) is 1. The number of piperidine rings is 1. The Morgan fingerprint density at radius 2 is 2.14 bits per heavy atom. The summed E-state index contributed by atoms with van der Waals surface area (Å²) in [4.78, 5) is 2.68. The Morgan fingerprint density at radius 3 is 2.64 bits per heavy atom. The first kappa shape index (κ1) is 10.8. The van der Waals surface area contributed by atoms with Crippen LogP contribution >= 0.6 is 12.6 Å².